The van der Waals surface area contributed by atoms with E-state index in [9.17, 15) is 14.4 Å². The van der Waals surface area contributed by atoms with Crippen LogP contribution in [0.2, 0.25) is 0 Å². The van der Waals surface area contributed by atoms with Crippen molar-refractivity contribution in [2.24, 2.45) is 0 Å². The fourth-order valence-electron chi connectivity index (χ4n) is 4.07. The molecule has 2 aliphatic rings. The van der Waals surface area contributed by atoms with Gasteiger partial charge in [0, 0.05) is 26.6 Å². The highest BCUT2D eigenvalue weighted by Crippen LogP contribution is 2.36. The van der Waals surface area contributed by atoms with E-state index in [4.69, 9.17) is 13.9 Å². The molecule has 3 rings (SSSR count). The van der Waals surface area contributed by atoms with Crippen LogP contribution in [-0.4, -0.2) is 72.6 Å². The smallest absolute Gasteiger partial charge is 0.302 e. The average molecular weight is 392 g/mol. The first-order valence-electron chi connectivity index (χ1n) is 9.70. The summed E-state index contributed by atoms with van der Waals surface area (Å²) in [5, 5.41) is 0. The standard InChI is InChI=1S/C20H28N2O6/c1-14-11-17(15(2)28-14)19(25)22-6-4-5-20(22,13-27-16(3)23)12-18(24)21-7-9-26-10-8-21/h11H,4-10,12-13H2,1-3H3. The third kappa shape index (κ3) is 4.22. The normalized spacial score (nSPS) is 22.4. The lowest BCUT2D eigenvalue weighted by Gasteiger charge is -2.39. The Balaban J connectivity index is 1.85. The van der Waals surface area contributed by atoms with E-state index in [1.807, 2.05) is 0 Å². The molecule has 0 N–H and O–H groups in total. The van der Waals surface area contributed by atoms with Crippen molar-refractivity contribution in [3.05, 3.63) is 23.2 Å². The molecule has 2 fully saturated rings. The van der Waals surface area contributed by atoms with Crippen molar-refractivity contribution in [3.63, 3.8) is 0 Å². The molecule has 154 valence electrons. The Hall–Kier alpha value is -2.35. The number of esters is 1. The molecular formula is C20H28N2O6. The zero-order chi connectivity index (χ0) is 20.3. The highest BCUT2D eigenvalue weighted by Gasteiger charge is 2.47. The van der Waals surface area contributed by atoms with Crippen LogP contribution >= 0.6 is 0 Å². The molecule has 2 saturated heterocycles. The summed E-state index contributed by atoms with van der Waals surface area (Å²) in [4.78, 5) is 41.2. The highest BCUT2D eigenvalue weighted by molar-refractivity contribution is 5.96. The number of carbonyl (C=O) groups excluding carboxylic acids is 3. The molecule has 2 amide bonds. The highest BCUT2D eigenvalue weighted by atomic mass is 16.5. The number of furan rings is 1. The molecule has 0 saturated carbocycles. The predicted octanol–water partition coefficient (Wildman–Crippen LogP) is 1.68. The van der Waals surface area contributed by atoms with Gasteiger partial charge in [-0.2, -0.15) is 0 Å². The van der Waals surface area contributed by atoms with Crippen LogP contribution in [-0.2, 0) is 19.1 Å². The van der Waals surface area contributed by atoms with Crippen molar-refractivity contribution >= 4 is 17.8 Å². The molecule has 8 nitrogen and oxygen atoms in total. The minimum Gasteiger partial charge on any atom is -0.466 e. The first kappa shape index (κ1) is 20.4. The van der Waals surface area contributed by atoms with Gasteiger partial charge >= 0.3 is 5.97 Å². The van der Waals surface area contributed by atoms with Crippen LogP contribution in [0, 0.1) is 13.8 Å². The Morgan fingerprint density at radius 3 is 2.50 bits per heavy atom. The Morgan fingerprint density at radius 1 is 1.18 bits per heavy atom. The number of nitrogens with zero attached hydrogens (tertiary/aromatic N) is 2. The van der Waals surface area contributed by atoms with Crippen LogP contribution in [0.3, 0.4) is 0 Å². The second kappa shape index (κ2) is 8.34. The number of hydrogen-bond donors (Lipinski definition) is 0. The zero-order valence-corrected chi connectivity index (χ0v) is 16.8. The molecule has 1 aromatic heterocycles. The molecule has 0 aliphatic carbocycles. The van der Waals surface area contributed by atoms with Crippen molar-refractivity contribution in [2.75, 3.05) is 39.5 Å². The fraction of sp³-hybridized carbons (Fsp3) is 0.650. The number of rotatable bonds is 5. The van der Waals surface area contributed by atoms with Gasteiger partial charge in [-0.15, -0.1) is 0 Å². The van der Waals surface area contributed by atoms with Crippen molar-refractivity contribution in [1.29, 1.82) is 0 Å². The van der Waals surface area contributed by atoms with Gasteiger partial charge in [-0.05, 0) is 32.8 Å². The van der Waals surface area contributed by atoms with E-state index in [2.05, 4.69) is 0 Å². The first-order valence-corrected chi connectivity index (χ1v) is 9.70. The fourth-order valence-corrected chi connectivity index (χ4v) is 4.07. The molecule has 0 bridgehead atoms. The van der Waals surface area contributed by atoms with Crippen molar-refractivity contribution < 1.29 is 28.3 Å². The Labute approximate surface area is 164 Å². The van der Waals surface area contributed by atoms with Crippen LogP contribution in [0.4, 0.5) is 0 Å². The quantitative estimate of drug-likeness (QED) is 0.709. The number of amides is 2. The van der Waals surface area contributed by atoms with Gasteiger partial charge in [-0.25, -0.2) is 0 Å². The summed E-state index contributed by atoms with van der Waals surface area (Å²) in [5.74, 6) is 0.558. The maximum absolute atomic E-state index is 13.3. The summed E-state index contributed by atoms with van der Waals surface area (Å²) in [7, 11) is 0. The molecule has 28 heavy (non-hydrogen) atoms. The summed E-state index contributed by atoms with van der Waals surface area (Å²) in [6.45, 7) is 7.51. The first-order chi connectivity index (χ1) is 13.3. The molecule has 1 unspecified atom stereocenters. The van der Waals surface area contributed by atoms with Gasteiger partial charge in [0.05, 0.1) is 30.7 Å². The van der Waals surface area contributed by atoms with Crippen LogP contribution in [0.1, 0.15) is 48.1 Å². The molecule has 3 heterocycles. The Morgan fingerprint density at radius 2 is 1.89 bits per heavy atom. The zero-order valence-electron chi connectivity index (χ0n) is 16.8. The van der Waals surface area contributed by atoms with Gasteiger partial charge in [-0.3, -0.25) is 14.4 Å². The van der Waals surface area contributed by atoms with Crippen molar-refractivity contribution in [3.8, 4) is 0 Å². The van der Waals surface area contributed by atoms with E-state index < -0.39 is 11.5 Å². The number of ether oxygens (including phenoxy) is 2. The molecule has 1 aromatic rings. The molecule has 0 aromatic carbocycles. The number of aryl methyl sites for hydroxylation is 2. The lowest BCUT2D eigenvalue weighted by Crippen LogP contribution is -2.54. The van der Waals surface area contributed by atoms with Crippen molar-refractivity contribution in [2.45, 2.75) is 45.6 Å². The maximum Gasteiger partial charge on any atom is 0.302 e. The van der Waals surface area contributed by atoms with E-state index in [1.165, 1.54) is 6.92 Å². The molecule has 0 radical (unpaired) electrons. The second-order valence-electron chi connectivity index (χ2n) is 7.56. The third-order valence-corrected chi connectivity index (χ3v) is 5.50. The van der Waals surface area contributed by atoms with E-state index in [0.717, 1.165) is 6.42 Å². The van der Waals surface area contributed by atoms with E-state index in [1.54, 1.807) is 29.7 Å². The van der Waals surface area contributed by atoms with E-state index in [0.29, 0.717) is 56.4 Å². The summed E-state index contributed by atoms with van der Waals surface area (Å²) in [6, 6.07) is 1.72. The van der Waals surface area contributed by atoms with Gasteiger partial charge in [0.1, 0.15) is 18.1 Å². The van der Waals surface area contributed by atoms with E-state index >= 15 is 0 Å². The summed E-state index contributed by atoms with van der Waals surface area (Å²) < 4.78 is 16.2. The van der Waals surface area contributed by atoms with Crippen LogP contribution in [0.5, 0.6) is 0 Å². The lowest BCUT2D eigenvalue weighted by atomic mass is 9.91. The summed E-state index contributed by atoms with van der Waals surface area (Å²) in [5.41, 5.74) is -0.346. The molecule has 1 atom stereocenters. The predicted molar refractivity (Wildman–Crippen MR) is 99.8 cm³/mol. The SMILES string of the molecule is CC(=O)OCC1(CC(=O)N2CCOCC2)CCCN1C(=O)c1cc(C)oc1C. The van der Waals surface area contributed by atoms with Gasteiger partial charge in [0.25, 0.3) is 5.91 Å². The molecule has 8 heteroatoms. The number of likely N-dealkylation sites (tertiary alicyclic amines) is 1. The lowest BCUT2D eigenvalue weighted by molar-refractivity contribution is -0.148. The van der Waals surface area contributed by atoms with Crippen LogP contribution in [0.15, 0.2) is 10.5 Å². The number of carbonyl (C=O) groups is 3. The molecule has 0 spiro atoms. The van der Waals surface area contributed by atoms with Gasteiger partial charge in [0.2, 0.25) is 5.91 Å². The minimum absolute atomic E-state index is 0.0139. The summed E-state index contributed by atoms with van der Waals surface area (Å²) >= 11 is 0. The number of hydrogen-bond acceptors (Lipinski definition) is 6. The van der Waals surface area contributed by atoms with Gasteiger partial charge < -0.3 is 23.7 Å². The Bertz CT molecular complexity index is 752. The second-order valence-corrected chi connectivity index (χ2v) is 7.56. The average Bonchev–Trinajstić information content (AvgIpc) is 3.23. The van der Waals surface area contributed by atoms with Gasteiger partial charge in [-0.1, -0.05) is 0 Å². The number of morpholine rings is 1. The largest absolute Gasteiger partial charge is 0.466 e. The molecule has 2 aliphatic heterocycles. The summed E-state index contributed by atoms with van der Waals surface area (Å²) in [6.07, 6.45) is 1.49. The van der Waals surface area contributed by atoms with Crippen molar-refractivity contribution in [1.82, 2.24) is 9.80 Å². The van der Waals surface area contributed by atoms with Gasteiger partial charge in [0.15, 0.2) is 0 Å². The van der Waals surface area contributed by atoms with Crippen LogP contribution in [0.25, 0.3) is 0 Å². The van der Waals surface area contributed by atoms with Crippen LogP contribution < -0.4 is 0 Å². The monoisotopic (exact) mass is 392 g/mol. The van der Waals surface area contributed by atoms with E-state index in [-0.39, 0.29) is 24.8 Å². The minimum atomic E-state index is -0.838. The maximum atomic E-state index is 13.3. The molecular weight excluding hydrogens is 364 g/mol. The Kier molecular flexibility index (Phi) is 6.07. The third-order valence-electron chi connectivity index (χ3n) is 5.50. The topological polar surface area (TPSA) is 89.3 Å².